The number of thiazole rings is 1. The first-order valence-corrected chi connectivity index (χ1v) is 11.2. The molecule has 3 aromatic rings. The van der Waals surface area contributed by atoms with E-state index in [1.54, 1.807) is 11.3 Å². The van der Waals surface area contributed by atoms with Crippen molar-refractivity contribution in [2.24, 2.45) is 0 Å². The molecule has 0 unspecified atom stereocenters. The molecule has 0 saturated carbocycles. The Morgan fingerprint density at radius 1 is 1.07 bits per heavy atom. The van der Waals surface area contributed by atoms with E-state index in [0.717, 1.165) is 39.5 Å². The summed E-state index contributed by atoms with van der Waals surface area (Å²) >= 11 is 5.06. The highest BCUT2D eigenvalue weighted by atomic mass is 79.9. The number of anilines is 1. The van der Waals surface area contributed by atoms with Crippen LogP contribution in [0.15, 0.2) is 40.9 Å². The first kappa shape index (κ1) is 21.0. The zero-order valence-corrected chi connectivity index (χ0v) is 19.2. The summed E-state index contributed by atoms with van der Waals surface area (Å²) in [6.45, 7) is 11.9. The Bertz CT molecular complexity index is 942. The smallest absolute Gasteiger partial charge is 0.260 e. The lowest BCUT2D eigenvalue weighted by molar-refractivity contribution is 0.0983. The minimum atomic E-state index is -0.0130. The second kappa shape index (κ2) is 9.16. The summed E-state index contributed by atoms with van der Waals surface area (Å²) < 4.78 is 2.02. The lowest BCUT2D eigenvalue weighted by Crippen LogP contribution is -2.38. The highest BCUT2D eigenvalue weighted by Crippen LogP contribution is 2.31. The van der Waals surface area contributed by atoms with Gasteiger partial charge in [-0.2, -0.15) is 0 Å². The third-order valence-corrected chi connectivity index (χ3v) is 6.61. The number of aromatic nitrogens is 1. The number of hydrogen-bond donors (Lipinski definition) is 0. The Morgan fingerprint density at radius 2 is 1.79 bits per heavy atom. The Labute approximate surface area is 179 Å². The number of hydrogen-bond acceptors (Lipinski definition) is 4. The molecule has 1 amide bonds. The van der Waals surface area contributed by atoms with Gasteiger partial charge in [-0.05, 0) is 68.4 Å². The van der Waals surface area contributed by atoms with E-state index in [2.05, 4.69) is 60.7 Å². The normalized spacial score (nSPS) is 11.4. The van der Waals surface area contributed by atoms with Crippen LogP contribution in [0.25, 0.3) is 10.2 Å². The van der Waals surface area contributed by atoms with Crippen LogP contribution >= 0.6 is 27.3 Å². The van der Waals surface area contributed by atoms with Crippen molar-refractivity contribution >= 4 is 48.5 Å². The fourth-order valence-corrected chi connectivity index (χ4v) is 4.60. The van der Waals surface area contributed by atoms with Crippen LogP contribution in [0.4, 0.5) is 5.13 Å². The van der Waals surface area contributed by atoms with Crippen molar-refractivity contribution < 1.29 is 4.79 Å². The van der Waals surface area contributed by atoms with Gasteiger partial charge in [0.15, 0.2) is 5.13 Å². The van der Waals surface area contributed by atoms with Gasteiger partial charge in [0, 0.05) is 23.1 Å². The largest absolute Gasteiger partial charge is 0.302 e. The molecule has 4 nitrogen and oxygen atoms in total. The molecule has 0 aliphatic carbocycles. The van der Waals surface area contributed by atoms with E-state index < -0.39 is 0 Å². The molecule has 28 heavy (non-hydrogen) atoms. The zero-order chi connectivity index (χ0) is 20.3. The minimum absolute atomic E-state index is 0.0130. The second-order valence-corrected chi connectivity index (χ2v) is 8.82. The van der Waals surface area contributed by atoms with Gasteiger partial charge in [-0.3, -0.25) is 9.69 Å². The summed E-state index contributed by atoms with van der Waals surface area (Å²) in [5.41, 5.74) is 4.09. The zero-order valence-electron chi connectivity index (χ0n) is 16.8. The molecule has 6 heteroatoms. The van der Waals surface area contributed by atoms with Gasteiger partial charge in [0.25, 0.3) is 5.91 Å². The van der Waals surface area contributed by atoms with E-state index in [1.807, 2.05) is 29.2 Å². The number of amides is 1. The van der Waals surface area contributed by atoms with Crippen LogP contribution < -0.4 is 4.90 Å². The van der Waals surface area contributed by atoms with Gasteiger partial charge >= 0.3 is 0 Å². The van der Waals surface area contributed by atoms with Crippen LogP contribution in [0.3, 0.4) is 0 Å². The number of halogens is 1. The minimum Gasteiger partial charge on any atom is -0.302 e. The molecular weight excluding hydrogens is 434 g/mol. The third kappa shape index (κ3) is 4.62. The molecule has 1 aromatic heterocycles. The van der Waals surface area contributed by atoms with Crippen LogP contribution in [0.5, 0.6) is 0 Å². The average Bonchev–Trinajstić information content (AvgIpc) is 3.07. The van der Waals surface area contributed by atoms with Gasteiger partial charge < -0.3 is 4.90 Å². The first-order valence-electron chi connectivity index (χ1n) is 9.60. The third-order valence-electron chi connectivity index (χ3n) is 5.07. The fraction of sp³-hybridized carbons (Fsp3) is 0.364. The van der Waals surface area contributed by atoms with E-state index in [9.17, 15) is 4.79 Å². The van der Waals surface area contributed by atoms with Gasteiger partial charge in [0.05, 0.1) is 10.2 Å². The lowest BCUT2D eigenvalue weighted by Gasteiger charge is -2.24. The van der Waals surface area contributed by atoms with Crippen molar-refractivity contribution in [1.82, 2.24) is 9.88 Å². The number of fused-ring (bicyclic) bond motifs is 1. The first-order chi connectivity index (χ1) is 13.4. The summed E-state index contributed by atoms with van der Waals surface area (Å²) in [5, 5.41) is 0.761. The van der Waals surface area contributed by atoms with Gasteiger partial charge in [-0.1, -0.05) is 47.2 Å². The summed E-state index contributed by atoms with van der Waals surface area (Å²) in [7, 11) is 0. The van der Waals surface area contributed by atoms with Crippen LogP contribution in [0.2, 0.25) is 0 Å². The Balaban J connectivity index is 1.98. The maximum atomic E-state index is 13.4. The molecule has 2 aromatic carbocycles. The topological polar surface area (TPSA) is 36.4 Å². The molecule has 0 aliphatic rings. The molecule has 0 N–H and O–H groups in total. The van der Waals surface area contributed by atoms with Crippen molar-refractivity contribution in [1.29, 1.82) is 0 Å². The SMILES string of the molecule is CCN(CC)CCN(C(=O)c1cccc(Br)c1)c1nc2cc(C)c(C)cc2s1. The average molecular weight is 460 g/mol. The van der Waals surface area contributed by atoms with Crippen molar-refractivity contribution in [3.63, 3.8) is 0 Å². The molecule has 0 spiro atoms. The standard InChI is InChI=1S/C22H26BrN3OS/c1-5-25(6-2)10-11-26(21(27)17-8-7-9-18(23)14-17)22-24-19-12-15(3)16(4)13-20(19)28-22/h7-9,12-14H,5-6,10-11H2,1-4H3. The van der Waals surface area contributed by atoms with E-state index >= 15 is 0 Å². The molecule has 148 valence electrons. The Hall–Kier alpha value is -1.76. The van der Waals surface area contributed by atoms with Crippen molar-refractivity contribution in [2.75, 3.05) is 31.1 Å². The lowest BCUT2D eigenvalue weighted by atomic mass is 10.1. The predicted octanol–water partition coefficient (Wildman–Crippen LogP) is 5.66. The number of nitrogens with zero attached hydrogens (tertiary/aromatic N) is 3. The fourth-order valence-electron chi connectivity index (χ4n) is 3.13. The maximum Gasteiger partial charge on any atom is 0.260 e. The monoisotopic (exact) mass is 459 g/mol. The number of carbonyl (C=O) groups excluding carboxylic acids is 1. The molecule has 0 aliphatic heterocycles. The summed E-state index contributed by atoms with van der Waals surface area (Å²) in [6.07, 6.45) is 0. The number of rotatable bonds is 7. The van der Waals surface area contributed by atoms with Gasteiger partial charge in [-0.15, -0.1) is 0 Å². The highest BCUT2D eigenvalue weighted by molar-refractivity contribution is 9.10. The quantitative estimate of drug-likeness (QED) is 0.456. The molecule has 0 saturated heterocycles. The molecule has 1 heterocycles. The predicted molar refractivity (Wildman–Crippen MR) is 123 cm³/mol. The molecular formula is C22H26BrN3OS. The molecule has 0 atom stereocenters. The summed E-state index contributed by atoms with van der Waals surface area (Å²) in [6, 6.07) is 11.8. The van der Waals surface area contributed by atoms with Crippen LogP contribution in [0.1, 0.15) is 35.3 Å². The highest BCUT2D eigenvalue weighted by Gasteiger charge is 2.22. The van der Waals surface area contributed by atoms with Gasteiger partial charge in [0.2, 0.25) is 0 Å². The summed E-state index contributed by atoms with van der Waals surface area (Å²) in [5.74, 6) is -0.0130. The molecule has 0 fully saturated rings. The van der Waals surface area contributed by atoms with E-state index in [-0.39, 0.29) is 5.91 Å². The number of likely N-dealkylation sites (N-methyl/N-ethyl adjacent to an activating group) is 1. The molecule has 0 radical (unpaired) electrons. The van der Waals surface area contributed by atoms with Gasteiger partial charge in [0.1, 0.15) is 0 Å². The summed E-state index contributed by atoms with van der Waals surface area (Å²) in [4.78, 5) is 22.3. The van der Waals surface area contributed by atoms with Gasteiger partial charge in [-0.25, -0.2) is 4.98 Å². The van der Waals surface area contributed by atoms with E-state index in [0.29, 0.717) is 12.1 Å². The number of carbonyl (C=O) groups is 1. The number of aryl methyl sites for hydroxylation is 2. The molecule has 3 rings (SSSR count). The van der Waals surface area contributed by atoms with Crippen molar-refractivity contribution in [3.8, 4) is 0 Å². The van der Waals surface area contributed by atoms with Crippen molar-refractivity contribution in [2.45, 2.75) is 27.7 Å². The van der Waals surface area contributed by atoms with E-state index in [1.165, 1.54) is 11.1 Å². The van der Waals surface area contributed by atoms with Crippen LogP contribution in [-0.2, 0) is 0 Å². The van der Waals surface area contributed by atoms with Crippen LogP contribution in [-0.4, -0.2) is 42.0 Å². The second-order valence-electron chi connectivity index (χ2n) is 6.89. The van der Waals surface area contributed by atoms with Crippen molar-refractivity contribution in [3.05, 3.63) is 57.6 Å². The number of benzene rings is 2. The Morgan fingerprint density at radius 3 is 2.46 bits per heavy atom. The Kier molecular flexibility index (Phi) is 6.86. The molecule has 0 bridgehead atoms. The van der Waals surface area contributed by atoms with E-state index in [4.69, 9.17) is 4.98 Å². The maximum absolute atomic E-state index is 13.4. The van der Waals surface area contributed by atoms with Crippen LogP contribution in [0, 0.1) is 13.8 Å².